The van der Waals surface area contributed by atoms with Crippen molar-refractivity contribution in [3.63, 3.8) is 0 Å². The van der Waals surface area contributed by atoms with Gasteiger partial charge in [-0.1, -0.05) is 39.7 Å². The number of carbonyl (C=O) groups is 3. The van der Waals surface area contributed by atoms with E-state index >= 15 is 0 Å². The highest BCUT2D eigenvalue weighted by Crippen LogP contribution is 2.42. The van der Waals surface area contributed by atoms with E-state index in [1.54, 1.807) is 55.5 Å². The standard InChI is InChI=1S/C20H17BrClNO5S/c1-20(10-16(17(24)25)28-15-8-4-13(21)5-9-15)18(26)23(19(27)29-20)11-12-2-6-14(22)7-3-12/h2-9,16H,10-11H2,1H3,(H,24,25). The number of nitrogens with zero attached hydrogens (tertiary/aromatic N) is 1. The molecule has 1 saturated heterocycles. The van der Waals surface area contributed by atoms with Gasteiger partial charge in [0.1, 0.15) is 10.5 Å². The molecule has 2 atom stereocenters. The third kappa shape index (κ3) is 5.12. The fraction of sp³-hybridized carbons (Fsp3) is 0.250. The number of benzene rings is 2. The number of aliphatic carboxylic acids is 1. The van der Waals surface area contributed by atoms with Crippen molar-refractivity contribution in [1.82, 2.24) is 4.90 Å². The number of ether oxygens (including phenoxy) is 1. The summed E-state index contributed by atoms with van der Waals surface area (Å²) in [7, 11) is 0. The number of halogens is 2. The van der Waals surface area contributed by atoms with Gasteiger partial charge in [-0.3, -0.25) is 14.5 Å². The maximum Gasteiger partial charge on any atom is 0.344 e. The summed E-state index contributed by atoms with van der Waals surface area (Å²) in [5.41, 5.74) is 0.752. The second-order valence-electron chi connectivity index (χ2n) is 6.72. The van der Waals surface area contributed by atoms with Gasteiger partial charge in [0.2, 0.25) is 5.91 Å². The highest BCUT2D eigenvalue weighted by Gasteiger charge is 2.51. The number of hydrogen-bond acceptors (Lipinski definition) is 5. The molecule has 2 amide bonds. The Morgan fingerprint density at radius 3 is 2.41 bits per heavy atom. The van der Waals surface area contributed by atoms with E-state index in [1.165, 1.54) is 0 Å². The number of amides is 2. The molecule has 1 heterocycles. The molecule has 152 valence electrons. The molecule has 2 aromatic carbocycles. The number of carboxylic acids is 1. The number of rotatable bonds is 7. The lowest BCUT2D eigenvalue weighted by Gasteiger charge is -2.25. The van der Waals surface area contributed by atoms with Crippen molar-refractivity contribution in [3.05, 3.63) is 63.6 Å². The lowest BCUT2D eigenvalue weighted by atomic mass is 10.0. The Bertz CT molecular complexity index is 937. The van der Waals surface area contributed by atoms with Gasteiger partial charge in [-0.2, -0.15) is 0 Å². The molecule has 2 unspecified atom stereocenters. The van der Waals surface area contributed by atoms with Crippen LogP contribution >= 0.6 is 39.3 Å². The summed E-state index contributed by atoms with van der Waals surface area (Å²) in [6.07, 6.45) is -1.42. The molecule has 0 radical (unpaired) electrons. The zero-order valence-corrected chi connectivity index (χ0v) is 18.5. The van der Waals surface area contributed by atoms with E-state index in [2.05, 4.69) is 15.9 Å². The van der Waals surface area contributed by atoms with Crippen molar-refractivity contribution in [1.29, 1.82) is 0 Å². The molecule has 0 spiro atoms. The molecule has 29 heavy (non-hydrogen) atoms. The van der Waals surface area contributed by atoms with Gasteiger partial charge < -0.3 is 9.84 Å². The van der Waals surface area contributed by atoms with Crippen molar-refractivity contribution in [3.8, 4) is 5.75 Å². The SMILES string of the molecule is CC1(CC(Oc2ccc(Br)cc2)C(=O)O)SC(=O)N(Cc2ccc(Cl)cc2)C1=O. The molecule has 0 aromatic heterocycles. The molecule has 0 aliphatic carbocycles. The number of imide groups is 1. The summed E-state index contributed by atoms with van der Waals surface area (Å²) in [5, 5.41) is 9.72. The van der Waals surface area contributed by atoms with E-state index in [9.17, 15) is 19.5 Å². The van der Waals surface area contributed by atoms with Crippen LogP contribution in [0.2, 0.25) is 5.02 Å². The number of carbonyl (C=O) groups excluding carboxylic acids is 2. The summed E-state index contributed by atoms with van der Waals surface area (Å²) in [6, 6.07) is 13.5. The van der Waals surface area contributed by atoms with Gasteiger partial charge in [0.05, 0.1) is 6.54 Å². The van der Waals surface area contributed by atoms with Crippen LogP contribution in [-0.2, 0) is 16.1 Å². The van der Waals surface area contributed by atoms with Gasteiger partial charge in [0, 0.05) is 15.9 Å². The normalized spacial score (nSPS) is 20.0. The molecule has 2 aromatic rings. The van der Waals surface area contributed by atoms with Crippen molar-refractivity contribution in [2.45, 2.75) is 30.7 Å². The first-order valence-electron chi connectivity index (χ1n) is 8.62. The Hall–Kier alpha value is -2.03. The first-order chi connectivity index (χ1) is 13.7. The van der Waals surface area contributed by atoms with Crippen LogP contribution in [-0.4, -0.2) is 38.0 Å². The summed E-state index contributed by atoms with van der Waals surface area (Å²) < 4.78 is 5.17. The lowest BCUT2D eigenvalue weighted by molar-refractivity contribution is -0.146. The fourth-order valence-electron chi connectivity index (χ4n) is 2.91. The number of hydrogen-bond donors (Lipinski definition) is 1. The molecule has 6 nitrogen and oxygen atoms in total. The van der Waals surface area contributed by atoms with Crippen LogP contribution in [0.15, 0.2) is 53.0 Å². The minimum absolute atomic E-state index is 0.0999. The Labute approximate surface area is 185 Å². The quantitative estimate of drug-likeness (QED) is 0.580. The maximum absolute atomic E-state index is 13.0. The Morgan fingerprint density at radius 2 is 1.83 bits per heavy atom. The van der Waals surface area contributed by atoms with Gasteiger partial charge in [-0.15, -0.1) is 0 Å². The second-order valence-corrected chi connectivity index (χ2v) is 9.53. The average molecular weight is 499 g/mol. The van der Waals surface area contributed by atoms with Gasteiger partial charge in [-0.05, 0) is 60.6 Å². The summed E-state index contributed by atoms with van der Waals surface area (Å²) in [4.78, 5) is 38.3. The second kappa shape index (κ2) is 8.77. The van der Waals surface area contributed by atoms with E-state index in [0.717, 1.165) is 26.7 Å². The maximum atomic E-state index is 13.0. The average Bonchev–Trinajstić information content (AvgIpc) is 2.87. The van der Waals surface area contributed by atoms with Crippen molar-refractivity contribution < 1.29 is 24.2 Å². The monoisotopic (exact) mass is 497 g/mol. The molecule has 9 heteroatoms. The number of thioether (sulfide) groups is 1. The Morgan fingerprint density at radius 1 is 1.21 bits per heavy atom. The zero-order chi connectivity index (χ0) is 21.2. The van der Waals surface area contributed by atoms with Gasteiger partial charge in [0.25, 0.3) is 5.24 Å². The van der Waals surface area contributed by atoms with Crippen molar-refractivity contribution in [2.75, 3.05) is 0 Å². The predicted molar refractivity (Wildman–Crippen MR) is 114 cm³/mol. The van der Waals surface area contributed by atoms with Crippen LogP contribution in [0.4, 0.5) is 4.79 Å². The van der Waals surface area contributed by atoms with Crippen LogP contribution < -0.4 is 4.74 Å². The first kappa shape index (κ1) is 21.7. The fourth-order valence-corrected chi connectivity index (χ4v) is 4.37. The van der Waals surface area contributed by atoms with Crippen LogP contribution in [0.3, 0.4) is 0 Å². The van der Waals surface area contributed by atoms with Crippen LogP contribution in [0.25, 0.3) is 0 Å². The first-order valence-corrected chi connectivity index (χ1v) is 10.6. The molecule has 0 bridgehead atoms. The van der Waals surface area contributed by atoms with E-state index < -0.39 is 28.0 Å². The molecule has 0 saturated carbocycles. The highest BCUT2D eigenvalue weighted by atomic mass is 79.9. The summed E-state index contributed by atoms with van der Waals surface area (Å²) in [6.45, 7) is 1.67. The Kier molecular flexibility index (Phi) is 6.55. The van der Waals surface area contributed by atoms with Gasteiger partial charge >= 0.3 is 5.97 Å². The molecule has 1 aliphatic rings. The van der Waals surface area contributed by atoms with E-state index in [-0.39, 0.29) is 13.0 Å². The third-order valence-corrected chi connectivity index (χ3v) is 6.39. The van der Waals surface area contributed by atoms with Crippen LogP contribution in [0.1, 0.15) is 18.9 Å². The minimum atomic E-state index is -1.28. The van der Waals surface area contributed by atoms with Crippen molar-refractivity contribution in [2.24, 2.45) is 0 Å². The molecule has 3 rings (SSSR count). The molecule has 1 N–H and O–H groups in total. The largest absolute Gasteiger partial charge is 0.479 e. The predicted octanol–water partition coefficient (Wildman–Crippen LogP) is 4.98. The topological polar surface area (TPSA) is 83.9 Å². The third-order valence-electron chi connectivity index (χ3n) is 4.43. The molecular weight excluding hydrogens is 482 g/mol. The summed E-state index contributed by atoms with van der Waals surface area (Å²) in [5.74, 6) is -1.27. The zero-order valence-electron chi connectivity index (χ0n) is 15.3. The lowest BCUT2D eigenvalue weighted by Crippen LogP contribution is -2.42. The van der Waals surface area contributed by atoms with Crippen LogP contribution in [0, 0.1) is 0 Å². The molecule has 1 aliphatic heterocycles. The van der Waals surface area contributed by atoms with E-state index in [4.69, 9.17) is 16.3 Å². The minimum Gasteiger partial charge on any atom is -0.479 e. The molecular formula is C20H17BrClNO5S. The van der Waals surface area contributed by atoms with E-state index in [0.29, 0.717) is 10.8 Å². The Balaban J connectivity index is 1.74. The van der Waals surface area contributed by atoms with Crippen molar-refractivity contribution >= 4 is 56.4 Å². The summed E-state index contributed by atoms with van der Waals surface area (Å²) >= 11 is 10.00. The highest BCUT2D eigenvalue weighted by molar-refractivity contribution is 9.10. The van der Waals surface area contributed by atoms with Gasteiger partial charge in [0.15, 0.2) is 6.10 Å². The van der Waals surface area contributed by atoms with E-state index in [1.807, 2.05) is 0 Å². The smallest absolute Gasteiger partial charge is 0.344 e. The number of carboxylic acid groups (broad SMARTS) is 1. The van der Waals surface area contributed by atoms with Gasteiger partial charge in [-0.25, -0.2) is 4.79 Å². The molecule has 1 fully saturated rings. The van der Waals surface area contributed by atoms with Crippen LogP contribution in [0.5, 0.6) is 5.75 Å².